The van der Waals surface area contributed by atoms with Gasteiger partial charge in [0.15, 0.2) is 0 Å². The minimum absolute atomic E-state index is 1.14. The molecule has 0 saturated heterocycles. The molecule has 0 aliphatic heterocycles. The van der Waals surface area contributed by atoms with E-state index >= 15 is 0 Å². The third-order valence-electron chi connectivity index (χ3n) is 3.40. The van der Waals surface area contributed by atoms with Gasteiger partial charge in [0.05, 0.1) is 0 Å². The molecule has 0 N–H and O–H groups in total. The quantitative estimate of drug-likeness (QED) is 0.655. The molecular weight excluding hydrogens is 182 g/mol. The first-order valence-electron chi connectivity index (χ1n) is 6.33. The van der Waals surface area contributed by atoms with E-state index in [1.54, 1.807) is 5.70 Å². The molecule has 1 nitrogen and oxygen atoms in total. The van der Waals surface area contributed by atoms with Crippen molar-refractivity contribution in [3.05, 3.63) is 23.4 Å². The van der Waals surface area contributed by atoms with Gasteiger partial charge in [-0.3, -0.25) is 0 Å². The highest BCUT2D eigenvalue weighted by Gasteiger charge is 2.16. The Balaban J connectivity index is 2.73. The molecule has 1 rings (SSSR count). The first-order valence-corrected chi connectivity index (χ1v) is 6.33. The number of allylic oxidation sites excluding steroid dienone is 3. The van der Waals surface area contributed by atoms with E-state index in [4.69, 9.17) is 0 Å². The van der Waals surface area contributed by atoms with E-state index in [1.807, 2.05) is 0 Å². The Kier molecular flexibility index (Phi) is 4.93. The Bertz CT molecular complexity index is 250. The van der Waals surface area contributed by atoms with E-state index in [2.05, 4.69) is 32.3 Å². The van der Waals surface area contributed by atoms with Crippen molar-refractivity contribution in [2.75, 3.05) is 13.1 Å². The minimum Gasteiger partial charge on any atom is -0.375 e. The molecule has 0 bridgehead atoms. The van der Waals surface area contributed by atoms with Crippen molar-refractivity contribution in [3.63, 3.8) is 0 Å². The SMILES string of the molecule is C=C1CCCC(N(CC)CCCC)=C1C. The Morgan fingerprint density at radius 1 is 1.27 bits per heavy atom. The van der Waals surface area contributed by atoms with Gasteiger partial charge in [0, 0.05) is 18.8 Å². The second-order valence-corrected chi connectivity index (χ2v) is 4.46. The smallest absolute Gasteiger partial charge is 0.0174 e. The lowest BCUT2D eigenvalue weighted by molar-refractivity contribution is 0.333. The fraction of sp³-hybridized carbons (Fsp3) is 0.714. The number of nitrogens with zero attached hydrogens (tertiary/aromatic N) is 1. The monoisotopic (exact) mass is 207 g/mol. The summed E-state index contributed by atoms with van der Waals surface area (Å²) in [6, 6.07) is 0. The van der Waals surface area contributed by atoms with Crippen LogP contribution < -0.4 is 0 Å². The van der Waals surface area contributed by atoms with Crippen LogP contribution in [0.4, 0.5) is 0 Å². The summed E-state index contributed by atoms with van der Waals surface area (Å²) in [5.74, 6) is 0. The van der Waals surface area contributed by atoms with Crippen molar-refractivity contribution in [2.24, 2.45) is 0 Å². The van der Waals surface area contributed by atoms with E-state index in [0.717, 1.165) is 6.54 Å². The molecule has 0 fully saturated rings. The molecule has 1 heteroatoms. The predicted molar refractivity (Wildman–Crippen MR) is 67.8 cm³/mol. The Morgan fingerprint density at radius 2 is 2.00 bits per heavy atom. The van der Waals surface area contributed by atoms with Crippen LogP contribution in [-0.4, -0.2) is 18.0 Å². The zero-order chi connectivity index (χ0) is 11.3. The second-order valence-electron chi connectivity index (χ2n) is 4.46. The first-order chi connectivity index (χ1) is 7.20. The molecule has 0 heterocycles. The lowest BCUT2D eigenvalue weighted by Crippen LogP contribution is -2.26. The van der Waals surface area contributed by atoms with E-state index < -0.39 is 0 Å². The molecule has 15 heavy (non-hydrogen) atoms. The minimum atomic E-state index is 1.14. The third kappa shape index (κ3) is 3.12. The van der Waals surface area contributed by atoms with Crippen LogP contribution in [-0.2, 0) is 0 Å². The van der Waals surface area contributed by atoms with E-state index in [1.165, 1.54) is 49.8 Å². The van der Waals surface area contributed by atoms with Gasteiger partial charge in [-0.05, 0) is 45.1 Å². The number of unbranched alkanes of at least 4 members (excludes halogenated alkanes) is 1. The third-order valence-corrected chi connectivity index (χ3v) is 3.40. The Hall–Kier alpha value is -0.720. The fourth-order valence-electron chi connectivity index (χ4n) is 2.28. The summed E-state index contributed by atoms with van der Waals surface area (Å²) in [6.45, 7) is 13.3. The highest BCUT2D eigenvalue weighted by molar-refractivity contribution is 5.33. The Morgan fingerprint density at radius 3 is 2.60 bits per heavy atom. The number of hydrogen-bond donors (Lipinski definition) is 0. The van der Waals surface area contributed by atoms with E-state index in [9.17, 15) is 0 Å². The molecule has 0 radical (unpaired) electrons. The molecule has 1 aliphatic rings. The lowest BCUT2D eigenvalue weighted by Gasteiger charge is -2.31. The molecule has 0 amide bonds. The van der Waals surface area contributed by atoms with Gasteiger partial charge < -0.3 is 4.90 Å². The first kappa shape index (κ1) is 12.4. The maximum Gasteiger partial charge on any atom is 0.0174 e. The van der Waals surface area contributed by atoms with Gasteiger partial charge in [0.2, 0.25) is 0 Å². The van der Waals surface area contributed by atoms with E-state index in [0.29, 0.717) is 0 Å². The molecule has 0 aromatic rings. The highest BCUT2D eigenvalue weighted by atomic mass is 15.1. The van der Waals surface area contributed by atoms with Gasteiger partial charge in [0.25, 0.3) is 0 Å². The zero-order valence-electron chi connectivity index (χ0n) is 10.6. The normalized spacial score (nSPS) is 17.1. The summed E-state index contributed by atoms with van der Waals surface area (Å²) < 4.78 is 0. The van der Waals surface area contributed by atoms with Gasteiger partial charge in [-0.25, -0.2) is 0 Å². The van der Waals surface area contributed by atoms with Gasteiger partial charge in [-0.2, -0.15) is 0 Å². The van der Waals surface area contributed by atoms with Crippen molar-refractivity contribution in [2.45, 2.75) is 52.9 Å². The van der Waals surface area contributed by atoms with Crippen molar-refractivity contribution in [1.82, 2.24) is 4.90 Å². The van der Waals surface area contributed by atoms with Crippen molar-refractivity contribution >= 4 is 0 Å². The maximum absolute atomic E-state index is 4.16. The Labute approximate surface area is 94.9 Å². The molecule has 0 saturated carbocycles. The van der Waals surface area contributed by atoms with Gasteiger partial charge in [-0.1, -0.05) is 25.5 Å². The van der Waals surface area contributed by atoms with Gasteiger partial charge in [0.1, 0.15) is 0 Å². The van der Waals surface area contributed by atoms with Crippen LogP contribution in [0.2, 0.25) is 0 Å². The summed E-state index contributed by atoms with van der Waals surface area (Å²) in [5, 5.41) is 0. The van der Waals surface area contributed by atoms with Crippen LogP contribution in [0.25, 0.3) is 0 Å². The average molecular weight is 207 g/mol. The summed E-state index contributed by atoms with van der Waals surface area (Å²) >= 11 is 0. The maximum atomic E-state index is 4.16. The van der Waals surface area contributed by atoms with Crippen LogP contribution in [0, 0.1) is 0 Å². The zero-order valence-corrected chi connectivity index (χ0v) is 10.6. The number of hydrogen-bond acceptors (Lipinski definition) is 1. The summed E-state index contributed by atoms with van der Waals surface area (Å²) in [5.41, 5.74) is 4.37. The van der Waals surface area contributed by atoms with Gasteiger partial charge in [-0.15, -0.1) is 0 Å². The molecular formula is C14H25N. The van der Waals surface area contributed by atoms with Crippen LogP contribution >= 0.6 is 0 Å². The summed E-state index contributed by atoms with van der Waals surface area (Å²) in [7, 11) is 0. The van der Waals surface area contributed by atoms with Crippen LogP contribution in [0.5, 0.6) is 0 Å². The molecule has 86 valence electrons. The van der Waals surface area contributed by atoms with Crippen LogP contribution in [0.3, 0.4) is 0 Å². The molecule has 0 aromatic heterocycles. The van der Waals surface area contributed by atoms with Crippen LogP contribution in [0.1, 0.15) is 52.9 Å². The predicted octanol–water partition coefficient (Wildman–Crippen LogP) is 4.12. The number of rotatable bonds is 5. The van der Waals surface area contributed by atoms with Gasteiger partial charge >= 0.3 is 0 Å². The molecule has 0 unspecified atom stereocenters. The topological polar surface area (TPSA) is 3.24 Å². The van der Waals surface area contributed by atoms with Crippen molar-refractivity contribution in [3.8, 4) is 0 Å². The van der Waals surface area contributed by atoms with E-state index in [-0.39, 0.29) is 0 Å². The summed E-state index contributed by atoms with van der Waals surface area (Å²) in [6.07, 6.45) is 6.32. The average Bonchev–Trinajstić information content (AvgIpc) is 2.25. The second kappa shape index (κ2) is 5.99. The van der Waals surface area contributed by atoms with Crippen LogP contribution in [0.15, 0.2) is 23.4 Å². The standard InChI is InChI=1S/C14H25N/c1-5-7-11-15(6-2)14-10-8-9-12(3)13(14)4/h3,5-11H2,1-2,4H3. The largest absolute Gasteiger partial charge is 0.375 e. The molecule has 0 atom stereocenters. The summed E-state index contributed by atoms with van der Waals surface area (Å²) in [4.78, 5) is 2.54. The molecule has 0 aromatic carbocycles. The lowest BCUT2D eigenvalue weighted by atomic mass is 9.92. The molecule has 0 spiro atoms. The fourth-order valence-corrected chi connectivity index (χ4v) is 2.28. The molecule has 1 aliphatic carbocycles. The van der Waals surface area contributed by atoms with Crippen molar-refractivity contribution < 1.29 is 0 Å². The van der Waals surface area contributed by atoms with Crippen molar-refractivity contribution in [1.29, 1.82) is 0 Å². The highest BCUT2D eigenvalue weighted by Crippen LogP contribution is 2.30.